The van der Waals surface area contributed by atoms with Crippen molar-refractivity contribution in [2.75, 3.05) is 6.54 Å². The monoisotopic (exact) mass is 481 g/mol. The highest BCUT2D eigenvalue weighted by atomic mass is 19.2. The van der Waals surface area contributed by atoms with Gasteiger partial charge in [-0.15, -0.1) is 0 Å². The van der Waals surface area contributed by atoms with Crippen molar-refractivity contribution in [1.29, 1.82) is 0 Å². The van der Waals surface area contributed by atoms with Crippen LogP contribution in [0.15, 0.2) is 72.8 Å². The van der Waals surface area contributed by atoms with E-state index in [0.717, 1.165) is 34.7 Å². The third-order valence-corrected chi connectivity index (χ3v) is 5.93. The summed E-state index contributed by atoms with van der Waals surface area (Å²) in [6, 6.07) is 15.3. The molecule has 10 heteroatoms. The minimum absolute atomic E-state index is 0.00864. The number of halogens is 2. The quantitative estimate of drug-likeness (QED) is 0.329. The van der Waals surface area contributed by atoms with E-state index < -0.39 is 34.7 Å². The Morgan fingerprint density at radius 1 is 1.06 bits per heavy atom. The van der Waals surface area contributed by atoms with Crippen molar-refractivity contribution in [3.05, 3.63) is 106 Å². The number of nitrogens with zero attached hydrogens (tertiary/aromatic N) is 3. The second-order valence-corrected chi connectivity index (χ2v) is 8.03. The molecule has 1 heterocycles. The van der Waals surface area contributed by atoms with E-state index in [1.807, 2.05) is 37.3 Å². The third-order valence-electron chi connectivity index (χ3n) is 5.93. The van der Waals surface area contributed by atoms with Gasteiger partial charge in [0.15, 0.2) is 11.6 Å². The molecule has 3 amide bonds. The lowest BCUT2D eigenvalue weighted by molar-refractivity contribution is -0.384. The predicted molar refractivity (Wildman–Crippen MR) is 122 cm³/mol. The molecule has 1 fully saturated rings. The summed E-state index contributed by atoms with van der Waals surface area (Å²) in [4.78, 5) is 39.4. The molecule has 0 saturated carbocycles. The van der Waals surface area contributed by atoms with Gasteiger partial charge in [0, 0.05) is 18.7 Å². The summed E-state index contributed by atoms with van der Waals surface area (Å²) >= 11 is 0. The highest BCUT2D eigenvalue weighted by molar-refractivity contribution is 5.93. The molecule has 3 aromatic carbocycles. The number of amides is 3. The molecule has 0 aliphatic carbocycles. The van der Waals surface area contributed by atoms with E-state index >= 15 is 0 Å². The Bertz CT molecular complexity index is 1250. The average molecular weight is 481 g/mol. The minimum Gasteiger partial charge on any atom is -0.410 e. The van der Waals surface area contributed by atoms with Gasteiger partial charge in [-0.25, -0.2) is 23.3 Å². The Labute approximate surface area is 199 Å². The molecule has 180 valence electrons. The predicted octanol–water partition coefficient (Wildman–Crippen LogP) is 6.00. The van der Waals surface area contributed by atoms with Crippen LogP contribution in [0.2, 0.25) is 0 Å². The van der Waals surface area contributed by atoms with Gasteiger partial charge < -0.3 is 9.64 Å². The van der Waals surface area contributed by atoms with E-state index in [-0.39, 0.29) is 36.0 Å². The maximum Gasteiger partial charge on any atom is 0.424 e. The molecular weight excluding hydrogens is 460 g/mol. The summed E-state index contributed by atoms with van der Waals surface area (Å²) in [6.45, 7) is 2.09. The molecular formula is C25H21F2N3O5. The Morgan fingerprint density at radius 2 is 1.74 bits per heavy atom. The van der Waals surface area contributed by atoms with E-state index in [2.05, 4.69) is 0 Å². The molecule has 4 rings (SSSR count). The summed E-state index contributed by atoms with van der Waals surface area (Å²) < 4.78 is 32.9. The third kappa shape index (κ3) is 4.96. The smallest absolute Gasteiger partial charge is 0.410 e. The van der Waals surface area contributed by atoms with Crippen LogP contribution in [-0.4, -0.2) is 33.4 Å². The van der Waals surface area contributed by atoms with Crippen LogP contribution >= 0.6 is 0 Å². The highest BCUT2D eigenvalue weighted by Gasteiger charge is 2.41. The first-order valence-electron chi connectivity index (χ1n) is 10.8. The van der Waals surface area contributed by atoms with Crippen LogP contribution in [0.3, 0.4) is 0 Å². The van der Waals surface area contributed by atoms with Gasteiger partial charge in [-0.1, -0.05) is 36.4 Å². The maximum absolute atomic E-state index is 14.0. The summed E-state index contributed by atoms with van der Waals surface area (Å²) in [5.74, 6) is -2.15. The van der Waals surface area contributed by atoms with E-state index in [0.29, 0.717) is 0 Å². The zero-order valence-corrected chi connectivity index (χ0v) is 18.6. The second kappa shape index (κ2) is 9.88. The van der Waals surface area contributed by atoms with Crippen LogP contribution in [0.1, 0.15) is 36.6 Å². The fourth-order valence-corrected chi connectivity index (χ4v) is 4.06. The lowest BCUT2D eigenvalue weighted by atomic mass is 9.98. The maximum atomic E-state index is 14.0. The molecule has 35 heavy (non-hydrogen) atoms. The van der Waals surface area contributed by atoms with Crippen LogP contribution in [0.5, 0.6) is 5.75 Å². The number of rotatable bonds is 5. The number of carbonyl (C=O) groups excluding carboxylic acids is 2. The molecule has 8 nitrogen and oxygen atoms in total. The van der Waals surface area contributed by atoms with Crippen molar-refractivity contribution < 1.29 is 28.0 Å². The van der Waals surface area contributed by atoms with Gasteiger partial charge in [0.1, 0.15) is 5.75 Å². The van der Waals surface area contributed by atoms with Crippen LogP contribution in [0.25, 0.3) is 0 Å². The van der Waals surface area contributed by atoms with E-state index in [1.165, 1.54) is 23.1 Å². The minimum atomic E-state index is -1.10. The van der Waals surface area contributed by atoms with Crippen LogP contribution < -0.4 is 4.74 Å². The van der Waals surface area contributed by atoms with Crippen molar-refractivity contribution in [3.63, 3.8) is 0 Å². The molecule has 1 aliphatic rings. The average Bonchev–Trinajstić information content (AvgIpc) is 2.86. The molecule has 3 aromatic rings. The Balaban J connectivity index is 1.65. The lowest BCUT2D eigenvalue weighted by Gasteiger charge is -2.42. The first kappa shape index (κ1) is 23.8. The van der Waals surface area contributed by atoms with Crippen molar-refractivity contribution in [2.45, 2.75) is 25.4 Å². The molecule has 0 radical (unpaired) electrons. The topological polar surface area (TPSA) is 93.0 Å². The van der Waals surface area contributed by atoms with Gasteiger partial charge in [-0.2, -0.15) is 0 Å². The van der Waals surface area contributed by atoms with Gasteiger partial charge in [-0.3, -0.25) is 10.1 Å². The number of ether oxygens (including phenoxy) is 1. The van der Waals surface area contributed by atoms with Gasteiger partial charge in [0.2, 0.25) is 0 Å². The molecule has 1 saturated heterocycles. The molecule has 1 unspecified atom stereocenters. The summed E-state index contributed by atoms with van der Waals surface area (Å²) in [5.41, 5.74) is 0.905. The fraction of sp³-hybridized carbons (Fsp3) is 0.200. The van der Waals surface area contributed by atoms with Crippen LogP contribution in [0.4, 0.5) is 24.1 Å². The normalized spacial score (nSPS) is 16.7. The molecule has 0 aromatic heterocycles. The van der Waals surface area contributed by atoms with Crippen molar-refractivity contribution >= 4 is 17.8 Å². The molecule has 0 N–H and O–H groups in total. The number of hydrogen-bond donors (Lipinski definition) is 0. The standard InChI is InChI=1S/C25H21F2N3O5/c1-16(17-5-3-2-4-6-17)28-14-13-23(18-7-12-21(26)22(27)15-18)29(24(28)31)25(32)35-20-10-8-19(9-11-20)30(33)34/h2-12,15-16,23H,13-14H2,1H3/t16-,23?/m1/s1. The Kier molecular flexibility index (Phi) is 6.72. The number of imide groups is 1. The lowest BCUT2D eigenvalue weighted by Crippen LogP contribution is -2.54. The zero-order valence-electron chi connectivity index (χ0n) is 18.6. The first-order chi connectivity index (χ1) is 16.8. The summed E-state index contributed by atoms with van der Waals surface area (Å²) in [6.07, 6.45) is -0.785. The SMILES string of the molecule is C[C@H](c1ccccc1)N1CCC(c2ccc(F)c(F)c2)N(C(=O)Oc2ccc([N+](=O)[O-])cc2)C1=O. The zero-order chi connectivity index (χ0) is 25.1. The molecule has 1 aliphatic heterocycles. The molecule has 2 atom stereocenters. The number of non-ortho nitro benzene ring substituents is 1. The molecule has 0 bridgehead atoms. The Hall–Kier alpha value is -4.34. The number of benzene rings is 3. The number of nitro groups is 1. The number of carbonyl (C=O) groups is 2. The fourth-order valence-electron chi connectivity index (χ4n) is 4.06. The van der Waals surface area contributed by atoms with E-state index in [9.17, 15) is 28.5 Å². The van der Waals surface area contributed by atoms with Crippen molar-refractivity contribution in [2.24, 2.45) is 0 Å². The highest BCUT2D eigenvalue weighted by Crippen LogP contribution is 2.35. The van der Waals surface area contributed by atoms with Crippen molar-refractivity contribution in [1.82, 2.24) is 9.80 Å². The summed E-state index contributed by atoms with van der Waals surface area (Å²) in [7, 11) is 0. The summed E-state index contributed by atoms with van der Waals surface area (Å²) in [5, 5.41) is 10.9. The van der Waals surface area contributed by atoms with Gasteiger partial charge in [0.05, 0.1) is 17.0 Å². The number of nitro benzene ring substituents is 1. The largest absolute Gasteiger partial charge is 0.424 e. The van der Waals surface area contributed by atoms with Gasteiger partial charge in [-0.05, 0) is 48.7 Å². The number of hydrogen-bond acceptors (Lipinski definition) is 5. The van der Waals surface area contributed by atoms with Gasteiger partial charge >= 0.3 is 12.1 Å². The molecule has 0 spiro atoms. The van der Waals surface area contributed by atoms with Crippen LogP contribution in [0, 0.1) is 21.7 Å². The van der Waals surface area contributed by atoms with E-state index in [4.69, 9.17) is 4.74 Å². The number of urea groups is 1. The Morgan fingerprint density at radius 3 is 2.37 bits per heavy atom. The first-order valence-corrected chi connectivity index (χ1v) is 10.8. The second-order valence-electron chi connectivity index (χ2n) is 8.03. The van der Waals surface area contributed by atoms with Crippen LogP contribution in [-0.2, 0) is 0 Å². The van der Waals surface area contributed by atoms with Gasteiger partial charge in [0.25, 0.3) is 5.69 Å². The van der Waals surface area contributed by atoms with Crippen molar-refractivity contribution in [3.8, 4) is 5.75 Å². The van der Waals surface area contributed by atoms with E-state index in [1.54, 1.807) is 0 Å².